The molecule has 0 saturated heterocycles. The van der Waals surface area contributed by atoms with Crippen LogP contribution in [0.3, 0.4) is 0 Å². The van der Waals surface area contributed by atoms with Crippen LogP contribution in [0.5, 0.6) is 5.75 Å². The predicted molar refractivity (Wildman–Crippen MR) is 95.6 cm³/mol. The standard InChI is InChI=1S/C19H22N2O4/c1-19(2,3)25-18(24)20-12-13-8-10-14(11-9-13)17(23)21-15-6-4-5-7-16(15)22/h4-11,22H,12H2,1-3H3,(H,20,24)(H,21,23). The topological polar surface area (TPSA) is 87.7 Å². The van der Waals surface area contributed by atoms with Crippen LogP contribution in [0.2, 0.25) is 0 Å². The van der Waals surface area contributed by atoms with Crippen LogP contribution in [0, 0.1) is 0 Å². The molecule has 0 aliphatic rings. The van der Waals surface area contributed by atoms with Gasteiger partial charge in [0.25, 0.3) is 5.91 Å². The molecule has 0 aliphatic heterocycles. The van der Waals surface area contributed by atoms with E-state index in [1.807, 2.05) is 0 Å². The van der Waals surface area contributed by atoms with Crippen LogP contribution < -0.4 is 10.6 Å². The molecule has 0 heterocycles. The van der Waals surface area contributed by atoms with Crippen molar-refractivity contribution in [2.75, 3.05) is 5.32 Å². The van der Waals surface area contributed by atoms with E-state index in [-0.39, 0.29) is 11.7 Å². The van der Waals surface area contributed by atoms with E-state index in [4.69, 9.17) is 4.74 Å². The number of hydrogen-bond acceptors (Lipinski definition) is 4. The third-order valence-corrected chi connectivity index (χ3v) is 3.20. The molecular weight excluding hydrogens is 320 g/mol. The van der Waals surface area contributed by atoms with Crippen LogP contribution in [-0.2, 0) is 11.3 Å². The molecular formula is C19H22N2O4. The Balaban J connectivity index is 1.92. The second-order valence-electron chi connectivity index (χ2n) is 6.52. The van der Waals surface area contributed by atoms with Crippen LogP contribution >= 0.6 is 0 Å². The fourth-order valence-corrected chi connectivity index (χ4v) is 2.04. The van der Waals surface area contributed by atoms with Gasteiger partial charge in [0.1, 0.15) is 11.4 Å². The highest BCUT2D eigenvalue weighted by atomic mass is 16.6. The number of hydrogen-bond donors (Lipinski definition) is 3. The molecule has 0 aliphatic carbocycles. The number of nitrogens with one attached hydrogen (secondary N) is 2. The molecule has 3 N–H and O–H groups in total. The molecule has 6 heteroatoms. The minimum absolute atomic E-state index is 0.00836. The van der Waals surface area contributed by atoms with E-state index < -0.39 is 11.7 Å². The number of carbonyl (C=O) groups is 2. The molecule has 0 radical (unpaired) electrons. The molecule has 0 fully saturated rings. The number of phenols is 1. The molecule has 2 aromatic carbocycles. The SMILES string of the molecule is CC(C)(C)OC(=O)NCc1ccc(C(=O)Nc2ccccc2O)cc1. The maximum atomic E-state index is 12.2. The average molecular weight is 342 g/mol. The number of ether oxygens (including phenoxy) is 1. The number of benzene rings is 2. The van der Waals surface area contributed by atoms with Crippen LogP contribution in [0.15, 0.2) is 48.5 Å². The lowest BCUT2D eigenvalue weighted by atomic mass is 10.1. The number of aromatic hydroxyl groups is 1. The van der Waals surface area contributed by atoms with Gasteiger partial charge < -0.3 is 20.5 Å². The van der Waals surface area contributed by atoms with Gasteiger partial charge in [-0.15, -0.1) is 0 Å². The van der Waals surface area contributed by atoms with E-state index >= 15 is 0 Å². The first kappa shape index (κ1) is 18.3. The number of alkyl carbamates (subject to hydrolysis) is 1. The van der Waals surface area contributed by atoms with Crippen molar-refractivity contribution in [3.8, 4) is 5.75 Å². The van der Waals surface area contributed by atoms with Crippen molar-refractivity contribution in [2.24, 2.45) is 0 Å². The highest BCUT2D eigenvalue weighted by molar-refractivity contribution is 6.04. The van der Waals surface area contributed by atoms with Gasteiger partial charge in [-0.25, -0.2) is 4.79 Å². The summed E-state index contributed by atoms with van der Waals surface area (Å²) >= 11 is 0. The van der Waals surface area contributed by atoms with Crippen molar-refractivity contribution < 1.29 is 19.4 Å². The zero-order chi connectivity index (χ0) is 18.4. The Morgan fingerprint density at radius 3 is 2.28 bits per heavy atom. The number of amides is 2. The number of carbonyl (C=O) groups excluding carboxylic acids is 2. The molecule has 0 saturated carbocycles. The second kappa shape index (κ2) is 7.70. The van der Waals surface area contributed by atoms with E-state index in [1.54, 1.807) is 63.2 Å². The summed E-state index contributed by atoms with van der Waals surface area (Å²) in [6.07, 6.45) is -0.492. The molecule has 25 heavy (non-hydrogen) atoms. The lowest BCUT2D eigenvalue weighted by molar-refractivity contribution is 0.0523. The Kier molecular flexibility index (Phi) is 5.64. The smallest absolute Gasteiger partial charge is 0.407 e. The van der Waals surface area contributed by atoms with Crippen LogP contribution in [-0.4, -0.2) is 22.7 Å². The van der Waals surface area contributed by atoms with Gasteiger partial charge in [0.05, 0.1) is 5.69 Å². The monoisotopic (exact) mass is 342 g/mol. The summed E-state index contributed by atoms with van der Waals surface area (Å²) in [6.45, 7) is 5.69. The maximum absolute atomic E-state index is 12.2. The van der Waals surface area contributed by atoms with Gasteiger partial charge in [-0.2, -0.15) is 0 Å². The van der Waals surface area contributed by atoms with Gasteiger partial charge in [0.15, 0.2) is 0 Å². The van der Waals surface area contributed by atoms with Crippen molar-refractivity contribution >= 4 is 17.7 Å². The molecule has 2 amide bonds. The summed E-state index contributed by atoms with van der Waals surface area (Å²) in [5.41, 5.74) is 1.09. The molecule has 2 aromatic rings. The molecule has 132 valence electrons. The summed E-state index contributed by atoms with van der Waals surface area (Å²) in [6, 6.07) is 13.3. The Morgan fingerprint density at radius 2 is 1.68 bits per heavy atom. The number of para-hydroxylation sites is 2. The first-order chi connectivity index (χ1) is 11.7. The summed E-state index contributed by atoms with van der Waals surface area (Å²) < 4.78 is 5.16. The van der Waals surface area contributed by atoms with Gasteiger partial charge in [0.2, 0.25) is 0 Å². The fraction of sp³-hybridized carbons (Fsp3) is 0.263. The summed E-state index contributed by atoms with van der Waals surface area (Å²) in [5, 5.41) is 15.0. The Labute approximate surface area is 146 Å². The molecule has 6 nitrogen and oxygen atoms in total. The minimum atomic E-state index is -0.547. The lowest BCUT2D eigenvalue weighted by Crippen LogP contribution is -2.32. The lowest BCUT2D eigenvalue weighted by Gasteiger charge is -2.19. The number of anilines is 1. The zero-order valence-electron chi connectivity index (χ0n) is 14.5. The molecule has 0 bridgehead atoms. The average Bonchev–Trinajstić information content (AvgIpc) is 2.54. The van der Waals surface area contributed by atoms with E-state index in [0.29, 0.717) is 17.8 Å². The molecule has 0 unspecified atom stereocenters. The van der Waals surface area contributed by atoms with Crippen molar-refractivity contribution in [3.05, 3.63) is 59.7 Å². The van der Waals surface area contributed by atoms with Gasteiger partial charge in [-0.1, -0.05) is 24.3 Å². The third-order valence-electron chi connectivity index (χ3n) is 3.20. The Bertz CT molecular complexity index is 749. The van der Waals surface area contributed by atoms with E-state index in [9.17, 15) is 14.7 Å². The molecule has 2 rings (SSSR count). The predicted octanol–water partition coefficient (Wildman–Crippen LogP) is 3.67. The maximum Gasteiger partial charge on any atom is 0.407 e. The Hall–Kier alpha value is -3.02. The van der Waals surface area contributed by atoms with Gasteiger partial charge in [-0.05, 0) is 50.6 Å². The molecule has 0 aromatic heterocycles. The molecule has 0 atom stereocenters. The summed E-state index contributed by atoms with van der Waals surface area (Å²) in [4.78, 5) is 23.8. The largest absolute Gasteiger partial charge is 0.506 e. The summed E-state index contributed by atoms with van der Waals surface area (Å²) in [7, 11) is 0. The second-order valence-corrected chi connectivity index (χ2v) is 6.52. The normalized spacial score (nSPS) is 10.8. The van der Waals surface area contributed by atoms with Crippen LogP contribution in [0.1, 0.15) is 36.7 Å². The van der Waals surface area contributed by atoms with Crippen molar-refractivity contribution in [2.45, 2.75) is 32.9 Å². The minimum Gasteiger partial charge on any atom is -0.506 e. The number of phenolic OH excluding ortho intramolecular Hbond substituents is 1. The number of rotatable bonds is 4. The van der Waals surface area contributed by atoms with E-state index in [1.165, 1.54) is 6.07 Å². The molecule has 0 spiro atoms. The van der Waals surface area contributed by atoms with E-state index in [2.05, 4.69) is 10.6 Å². The van der Waals surface area contributed by atoms with Gasteiger partial charge in [-0.3, -0.25) is 4.79 Å². The quantitative estimate of drug-likeness (QED) is 0.740. The van der Waals surface area contributed by atoms with E-state index in [0.717, 1.165) is 5.56 Å². The Morgan fingerprint density at radius 1 is 1.04 bits per heavy atom. The zero-order valence-corrected chi connectivity index (χ0v) is 14.5. The third kappa shape index (κ3) is 5.84. The van der Waals surface area contributed by atoms with Gasteiger partial charge >= 0.3 is 6.09 Å². The first-order valence-corrected chi connectivity index (χ1v) is 7.90. The van der Waals surface area contributed by atoms with Gasteiger partial charge in [0, 0.05) is 12.1 Å². The van der Waals surface area contributed by atoms with Crippen molar-refractivity contribution in [1.29, 1.82) is 0 Å². The highest BCUT2D eigenvalue weighted by Crippen LogP contribution is 2.22. The van der Waals surface area contributed by atoms with Crippen LogP contribution in [0.4, 0.5) is 10.5 Å². The fourth-order valence-electron chi connectivity index (χ4n) is 2.04. The summed E-state index contributed by atoms with van der Waals surface area (Å²) in [5.74, 6) is -0.317. The van der Waals surface area contributed by atoms with Crippen LogP contribution in [0.25, 0.3) is 0 Å². The highest BCUT2D eigenvalue weighted by Gasteiger charge is 2.15. The van der Waals surface area contributed by atoms with Crippen molar-refractivity contribution in [3.63, 3.8) is 0 Å². The first-order valence-electron chi connectivity index (χ1n) is 7.90. The van der Waals surface area contributed by atoms with Crippen molar-refractivity contribution in [1.82, 2.24) is 5.32 Å².